The number of nitrogens with two attached hydrogens (primary N) is 1. The minimum atomic E-state index is -0.461. The first kappa shape index (κ1) is 20.1. The molecular formula is C20H25ClN5O2+. The van der Waals surface area contributed by atoms with E-state index in [4.69, 9.17) is 22.1 Å². The molecule has 0 unspecified atom stereocenters. The number of unbranched alkanes of at least 4 members (excludes halogenated alkanes) is 5. The maximum absolute atomic E-state index is 11.4. The van der Waals surface area contributed by atoms with Gasteiger partial charge in [0.25, 0.3) is 5.91 Å². The SMILES string of the molecule is NC(=O)c1ccccc1OCCCCCCCC[n+]1c[nH]c2c(Cl)ncnc21. The number of aromatic nitrogens is 4. The molecule has 0 saturated heterocycles. The number of carbonyl (C=O) groups excluding carboxylic acids is 1. The highest BCUT2D eigenvalue weighted by Crippen LogP contribution is 2.18. The number of hydrogen-bond donors (Lipinski definition) is 2. The molecule has 1 amide bonds. The fraction of sp³-hybridized carbons (Fsp3) is 0.400. The number of H-pyrrole nitrogens is 1. The van der Waals surface area contributed by atoms with Gasteiger partial charge in [0, 0.05) is 0 Å². The predicted molar refractivity (Wildman–Crippen MR) is 107 cm³/mol. The van der Waals surface area contributed by atoms with Crippen LogP contribution in [0.3, 0.4) is 0 Å². The van der Waals surface area contributed by atoms with E-state index in [0.717, 1.165) is 49.8 Å². The molecule has 8 heteroatoms. The summed E-state index contributed by atoms with van der Waals surface area (Å²) >= 11 is 6.05. The molecule has 0 bridgehead atoms. The van der Waals surface area contributed by atoms with Crippen LogP contribution >= 0.6 is 11.6 Å². The van der Waals surface area contributed by atoms with E-state index in [2.05, 4.69) is 19.5 Å². The minimum Gasteiger partial charge on any atom is -0.493 e. The number of hydrogen-bond acceptors (Lipinski definition) is 4. The summed E-state index contributed by atoms with van der Waals surface area (Å²) in [6.07, 6.45) is 10.0. The molecule has 0 radical (unpaired) electrons. The molecule has 0 aliphatic heterocycles. The van der Waals surface area contributed by atoms with Crippen molar-refractivity contribution in [2.75, 3.05) is 6.61 Å². The lowest BCUT2D eigenvalue weighted by molar-refractivity contribution is -0.673. The third kappa shape index (κ3) is 5.19. The largest absolute Gasteiger partial charge is 0.493 e. The molecule has 28 heavy (non-hydrogen) atoms. The molecule has 0 saturated carbocycles. The fourth-order valence-corrected chi connectivity index (χ4v) is 3.32. The van der Waals surface area contributed by atoms with Crippen LogP contribution in [0.15, 0.2) is 36.9 Å². The van der Waals surface area contributed by atoms with E-state index in [1.54, 1.807) is 18.2 Å². The van der Waals surface area contributed by atoms with Crippen molar-refractivity contribution >= 4 is 28.7 Å². The van der Waals surface area contributed by atoms with Gasteiger partial charge in [-0.2, -0.15) is 0 Å². The molecule has 2 aromatic heterocycles. The lowest BCUT2D eigenvalue weighted by atomic mass is 10.1. The van der Waals surface area contributed by atoms with Gasteiger partial charge < -0.3 is 10.5 Å². The Morgan fingerprint density at radius 3 is 2.68 bits per heavy atom. The number of primary amides is 1. The Hall–Kier alpha value is -2.67. The third-order valence-corrected chi connectivity index (χ3v) is 4.91. The van der Waals surface area contributed by atoms with E-state index < -0.39 is 5.91 Å². The molecule has 0 aliphatic carbocycles. The molecular weight excluding hydrogens is 378 g/mol. The van der Waals surface area contributed by atoms with E-state index in [0.29, 0.717) is 23.1 Å². The molecule has 2 heterocycles. The summed E-state index contributed by atoms with van der Waals surface area (Å²) in [5.74, 6) is 0.104. The van der Waals surface area contributed by atoms with Crippen LogP contribution in [0.1, 0.15) is 48.9 Å². The number of nitrogens with zero attached hydrogens (tertiary/aromatic N) is 3. The predicted octanol–water partition coefficient (Wildman–Crippen LogP) is 3.42. The molecule has 0 fully saturated rings. The fourth-order valence-electron chi connectivity index (χ4n) is 3.14. The van der Waals surface area contributed by atoms with E-state index >= 15 is 0 Å². The number of aryl methyl sites for hydroxylation is 1. The van der Waals surface area contributed by atoms with Gasteiger partial charge in [0.1, 0.15) is 5.75 Å². The number of para-hydroxylation sites is 1. The number of fused-ring (bicyclic) bond motifs is 1. The van der Waals surface area contributed by atoms with Crippen molar-refractivity contribution in [3.05, 3.63) is 47.6 Å². The van der Waals surface area contributed by atoms with Crippen molar-refractivity contribution in [1.29, 1.82) is 0 Å². The van der Waals surface area contributed by atoms with Crippen LogP contribution in [0.5, 0.6) is 5.75 Å². The zero-order valence-electron chi connectivity index (χ0n) is 15.7. The Labute approximate surface area is 168 Å². The second-order valence-electron chi connectivity index (χ2n) is 6.66. The Morgan fingerprint density at radius 1 is 1.11 bits per heavy atom. The van der Waals surface area contributed by atoms with E-state index in [1.807, 2.05) is 12.4 Å². The Bertz CT molecular complexity index is 928. The van der Waals surface area contributed by atoms with Crippen molar-refractivity contribution in [2.24, 2.45) is 5.73 Å². The van der Waals surface area contributed by atoms with Gasteiger partial charge in [0.15, 0.2) is 17.8 Å². The van der Waals surface area contributed by atoms with Gasteiger partial charge in [-0.3, -0.25) is 9.78 Å². The van der Waals surface area contributed by atoms with Gasteiger partial charge >= 0.3 is 5.65 Å². The van der Waals surface area contributed by atoms with Crippen molar-refractivity contribution in [2.45, 2.75) is 45.1 Å². The topological polar surface area (TPSA) is 97.8 Å². The first-order valence-corrected chi connectivity index (χ1v) is 9.93. The molecule has 148 valence electrons. The van der Waals surface area contributed by atoms with Gasteiger partial charge in [0.2, 0.25) is 5.52 Å². The lowest BCUT2D eigenvalue weighted by Gasteiger charge is -2.09. The molecule has 0 spiro atoms. The van der Waals surface area contributed by atoms with Crippen LogP contribution in [0, 0.1) is 0 Å². The highest BCUT2D eigenvalue weighted by atomic mass is 35.5. The van der Waals surface area contributed by atoms with Crippen LogP contribution in [0.25, 0.3) is 11.2 Å². The van der Waals surface area contributed by atoms with E-state index in [-0.39, 0.29) is 0 Å². The third-order valence-electron chi connectivity index (χ3n) is 4.62. The van der Waals surface area contributed by atoms with E-state index in [9.17, 15) is 4.79 Å². The highest BCUT2D eigenvalue weighted by molar-refractivity contribution is 6.33. The number of aromatic amines is 1. The minimum absolute atomic E-state index is 0.434. The first-order valence-electron chi connectivity index (χ1n) is 9.55. The molecule has 7 nitrogen and oxygen atoms in total. The number of nitrogens with one attached hydrogen (secondary N) is 1. The number of ether oxygens (including phenoxy) is 1. The van der Waals surface area contributed by atoms with Crippen LogP contribution in [0.2, 0.25) is 5.15 Å². The quantitative estimate of drug-likeness (QED) is 0.291. The van der Waals surface area contributed by atoms with Crippen molar-refractivity contribution in [1.82, 2.24) is 15.0 Å². The summed E-state index contributed by atoms with van der Waals surface area (Å²) in [5, 5.41) is 0.449. The zero-order chi connectivity index (χ0) is 19.8. The maximum atomic E-state index is 11.4. The van der Waals surface area contributed by atoms with Gasteiger partial charge in [-0.1, -0.05) is 54.4 Å². The van der Waals surface area contributed by atoms with Gasteiger partial charge in [-0.05, 0) is 25.0 Å². The zero-order valence-corrected chi connectivity index (χ0v) is 16.5. The summed E-state index contributed by atoms with van der Waals surface area (Å²) < 4.78 is 7.77. The normalized spacial score (nSPS) is 11.0. The van der Waals surface area contributed by atoms with Gasteiger partial charge in [0.05, 0.1) is 18.7 Å². The first-order chi connectivity index (χ1) is 13.7. The number of amides is 1. The Kier molecular flexibility index (Phi) is 7.19. The monoisotopic (exact) mass is 402 g/mol. The molecule has 0 aliphatic rings. The second-order valence-corrected chi connectivity index (χ2v) is 7.02. The lowest BCUT2D eigenvalue weighted by Crippen LogP contribution is -2.32. The maximum Gasteiger partial charge on any atom is 0.306 e. The number of imidazole rings is 1. The summed E-state index contributed by atoms with van der Waals surface area (Å²) in [6.45, 7) is 1.50. The summed E-state index contributed by atoms with van der Waals surface area (Å²) in [4.78, 5) is 22.7. The van der Waals surface area contributed by atoms with E-state index in [1.165, 1.54) is 12.7 Å². The molecule has 1 aromatic carbocycles. The van der Waals surface area contributed by atoms with Gasteiger partial charge in [-0.25, -0.2) is 9.55 Å². The number of benzene rings is 1. The smallest absolute Gasteiger partial charge is 0.306 e. The standard InChI is InChI=1S/C20H24ClN5O2/c21-18-17-20(24-13-23-18)26(14-25-17)11-7-3-1-2-4-8-12-28-16-10-6-5-9-15(16)19(22)27/h5-6,9-10,13-14H,1-4,7-8,11-12H2,(H2,22,27)/p+1. The van der Waals surface area contributed by atoms with Gasteiger partial charge in [-0.15, -0.1) is 0 Å². The number of rotatable bonds is 11. The second kappa shape index (κ2) is 10.0. The average molecular weight is 403 g/mol. The number of halogens is 1. The van der Waals surface area contributed by atoms with Crippen LogP contribution in [-0.2, 0) is 6.54 Å². The summed E-state index contributed by atoms with van der Waals surface area (Å²) in [7, 11) is 0. The Morgan fingerprint density at radius 2 is 1.86 bits per heavy atom. The summed E-state index contributed by atoms with van der Waals surface area (Å²) in [5.41, 5.74) is 7.40. The Balaban J connectivity index is 1.29. The molecule has 0 atom stereocenters. The average Bonchev–Trinajstić information content (AvgIpc) is 3.11. The van der Waals surface area contributed by atoms with Crippen LogP contribution < -0.4 is 15.0 Å². The van der Waals surface area contributed by atoms with Crippen molar-refractivity contribution in [3.8, 4) is 5.75 Å². The molecule has 3 N–H and O–H groups in total. The molecule has 3 aromatic rings. The van der Waals surface area contributed by atoms with Crippen LogP contribution in [0.4, 0.5) is 0 Å². The van der Waals surface area contributed by atoms with Crippen LogP contribution in [-0.4, -0.2) is 27.5 Å². The summed E-state index contributed by atoms with van der Waals surface area (Å²) in [6, 6.07) is 7.08. The van der Waals surface area contributed by atoms with Crippen molar-refractivity contribution in [3.63, 3.8) is 0 Å². The highest BCUT2D eigenvalue weighted by Gasteiger charge is 2.14. The molecule has 3 rings (SSSR count). The number of carbonyl (C=O) groups is 1. The van der Waals surface area contributed by atoms with Crippen molar-refractivity contribution < 1.29 is 14.1 Å².